The van der Waals surface area contributed by atoms with Crippen molar-refractivity contribution in [2.45, 2.75) is 51.4 Å². The minimum atomic E-state index is -0.0709. The third-order valence-electron chi connectivity index (χ3n) is 6.36. The molecule has 1 atom stereocenters. The number of fused-ring (bicyclic) bond motifs is 1. The van der Waals surface area contributed by atoms with E-state index in [1.807, 2.05) is 38.2 Å². The highest BCUT2D eigenvalue weighted by Gasteiger charge is 2.25. The van der Waals surface area contributed by atoms with Gasteiger partial charge < -0.3 is 14.7 Å². The highest BCUT2D eigenvalue weighted by atomic mass is 32.2. The zero-order valence-corrected chi connectivity index (χ0v) is 20.3. The molecule has 1 aliphatic heterocycles. The smallest absolute Gasteiger partial charge is 0.192 e. The number of aromatic amines is 2. The van der Waals surface area contributed by atoms with Gasteiger partial charge in [-0.3, -0.25) is 14.2 Å². The Balaban J connectivity index is 1.44. The van der Waals surface area contributed by atoms with Crippen LogP contribution in [-0.4, -0.2) is 54.8 Å². The number of carbonyl (C=O) groups is 2. The van der Waals surface area contributed by atoms with Crippen LogP contribution in [0.1, 0.15) is 51.9 Å². The minimum absolute atomic E-state index is 0.0439. The first-order valence-corrected chi connectivity index (χ1v) is 12.4. The van der Waals surface area contributed by atoms with Crippen LogP contribution in [-0.2, 0) is 11.3 Å². The van der Waals surface area contributed by atoms with Crippen molar-refractivity contribution in [1.82, 2.24) is 24.7 Å². The monoisotopic (exact) mass is 477 g/mol. The first kappa shape index (κ1) is 22.6. The number of thioether (sulfide) groups is 1. The Kier molecular flexibility index (Phi) is 6.14. The first-order chi connectivity index (χ1) is 16.4. The van der Waals surface area contributed by atoms with E-state index in [0.29, 0.717) is 28.5 Å². The Labute approximate surface area is 201 Å². The molecule has 9 heteroatoms. The van der Waals surface area contributed by atoms with Gasteiger partial charge in [0, 0.05) is 40.5 Å². The Bertz CT molecular complexity index is 1380. The van der Waals surface area contributed by atoms with E-state index < -0.39 is 0 Å². The maximum atomic E-state index is 13.0. The molecule has 0 saturated carbocycles. The fourth-order valence-electron chi connectivity index (χ4n) is 4.77. The van der Waals surface area contributed by atoms with Crippen molar-refractivity contribution < 1.29 is 14.3 Å². The van der Waals surface area contributed by atoms with E-state index in [-0.39, 0.29) is 23.4 Å². The van der Waals surface area contributed by atoms with Crippen LogP contribution in [0.4, 0.5) is 0 Å². The second-order valence-corrected chi connectivity index (χ2v) is 9.64. The second-order valence-electron chi connectivity index (χ2n) is 8.69. The van der Waals surface area contributed by atoms with Gasteiger partial charge in [0.25, 0.3) is 0 Å². The fraction of sp³-hybridized carbons (Fsp3) is 0.360. The number of aromatic nitrogens is 5. The number of hydrogen-bond donors (Lipinski definition) is 2. The number of rotatable bonds is 8. The third kappa shape index (κ3) is 4.10. The van der Waals surface area contributed by atoms with Crippen molar-refractivity contribution >= 4 is 34.2 Å². The normalized spacial score (nSPS) is 15.9. The maximum Gasteiger partial charge on any atom is 0.192 e. The number of carbonyl (C=O) groups excluding carboxylic acids is 2. The predicted octanol–water partition coefficient (Wildman–Crippen LogP) is 4.73. The van der Waals surface area contributed by atoms with Gasteiger partial charge in [-0.1, -0.05) is 30.0 Å². The third-order valence-corrected chi connectivity index (χ3v) is 7.32. The van der Waals surface area contributed by atoms with E-state index in [1.54, 1.807) is 0 Å². The van der Waals surface area contributed by atoms with E-state index in [0.717, 1.165) is 47.4 Å². The SMILES string of the molecule is CC(=O)c1c(C)[nH]c(C(=O)CSc2nnc(-c3c[nH]c4ccccc34)n2C[C@H]2CCCO2)c1C. The molecule has 0 amide bonds. The minimum Gasteiger partial charge on any atom is -0.376 e. The molecule has 1 aliphatic rings. The van der Waals surface area contributed by atoms with Gasteiger partial charge in [0.1, 0.15) is 0 Å². The van der Waals surface area contributed by atoms with E-state index in [9.17, 15) is 9.59 Å². The van der Waals surface area contributed by atoms with Crippen molar-refractivity contribution in [3.63, 3.8) is 0 Å². The van der Waals surface area contributed by atoms with E-state index in [2.05, 4.69) is 30.8 Å². The van der Waals surface area contributed by atoms with Gasteiger partial charge in [0.15, 0.2) is 22.5 Å². The maximum absolute atomic E-state index is 13.0. The fourth-order valence-corrected chi connectivity index (χ4v) is 5.59. The van der Waals surface area contributed by atoms with Crippen LogP contribution in [0.3, 0.4) is 0 Å². The van der Waals surface area contributed by atoms with E-state index in [4.69, 9.17) is 4.74 Å². The number of H-pyrrole nitrogens is 2. The number of aryl methyl sites for hydroxylation is 1. The van der Waals surface area contributed by atoms with Crippen molar-refractivity contribution in [3.05, 3.63) is 53.0 Å². The van der Waals surface area contributed by atoms with E-state index >= 15 is 0 Å². The molecular formula is C25H27N5O3S. The highest BCUT2D eigenvalue weighted by molar-refractivity contribution is 7.99. The molecular weight excluding hydrogens is 450 g/mol. The molecule has 0 unspecified atom stereocenters. The van der Waals surface area contributed by atoms with Crippen LogP contribution in [0.25, 0.3) is 22.3 Å². The van der Waals surface area contributed by atoms with Gasteiger partial charge in [-0.2, -0.15) is 0 Å². The molecule has 8 nitrogen and oxygen atoms in total. The number of ketones is 2. The molecule has 3 aromatic heterocycles. The number of benzene rings is 1. The Hall–Kier alpha value is -3.17. The van der Waals surface area contributed by atoms with Crippen molar-refractivity contribution in [1.29, 1.82) is 0 Å². The Morgan fingerprint density at radius 2 is 2.06 bits per heavy atom. The molecule has 1 aromatic carbocycles. The summed E-state index contributed by atoms with van der Waals surface area (Å²) in [7, 11) is 0. The predicted molar refractivity (Wildman–Crippen MR) is 132 cm³/mol. The number of nitrogens with one attached hydrogen (secondary N) is 2. The topological polar surface area (TPSA) is 106 Å². The lowest BCUT2D eigenvalue weighted by atomic mass is 10.1. The molecule has 0 radical (unpaired) electrons. The molecule has 4 heterocycles. The molecule has 0 aliphatic carbocycles. The number of nitrogens with zero attached hydrogens (tertiary/aromatic N) is 3. The van der Waals surface area contributed by atoms with Crippen LogP contribution in [0.5, 0.6) is 0 Å². The summed E-state index contributed by atoms with van der Waals surface area (Å²) in [6.07, 6.45) is 4.08. The van der Waals surface area contributed by atoms with Crippen LogP contribution in [0, 0.1) is 13.8 Å². The van der Waals surface area contributed by atoms with Gasteiger partial charge in [0.2, 0.25) is 0 Å². The molecule has 1 saturated heterocycles. The van der Waals surface area contributed by atoms with Crippen LogP contribution in [0.2, 0.25) is 0 Å². The number of Topliss-reactive ketones (excluding diaryl/α,β-unsaturated/α-hetero) is 2. The summed E-state index contributed by atoms with van der Waals surface area (Å²) in [6.45, 7) is 6.55. The lowest BCUT2D eigenvalue weighted by Crippen LogP contribution is -2.17. The molecule has 4 aromatic rings. The van der Waals surface area contributed by atoms with Gasteiger partial charge >= 0.3 is 0 Å². The Morgan fingerprint density at radius 3 is 2.79 bits per heavy atom. The van der Waals surface area contributed by atoms with Crippen molar-refractivity contribution in [3.8, 4) is 11.4 Å². The number of hydrogen-bond acceptors (Lipinski definition) is 6. The molecule has 2 N–H and O–H groups in total. The lowest BCUT2D eigenvalue weighted by Gasteiger charge is -2.14. The summed E-state index contributed by atoms with van der Waals surface area (Å²) in [5.41, 5.74) is 4.51. The summed E-state index contributed by atoms with van der Waals surface area (Å²) in [5.74, 6) is 0.833. The lowest BCUT2D eigenvalue weighted by molar-refractivity contribution is 0.0953. The van der Waals surface area contributed by atoms with Gasteiger partial charge in [-0.25, -0.2) is 0 Å². The van der Waals surface area contributed by atoms with Crippen LogP contribution < -0.4 is 0 Å². The van der Waals surface area contributed by atoms with Gasteiger partial charge in [-0.15, -0.1) is 10.2 Å². The van der Waals surface area contributed by atoms with E-state index in [1.165, 1.54) is 18.7 Å². The van der Waals surface area contributed by atoms with Gasteiger partial charge in [-0.05, 0) is 45.2 Å². The average Bonchev–Trinajstić information content (AvgIpc) is 3.59. The quantitative estimate of drug-likeness (QED) is 0.281. The zero-order chi connectivity index (χ0) is 23.8. The molecule has 5 rings (SSSR count). The highest BCUT2D eigenvalue weighted by Crippen LogP contribution is 2.31. The summed E-state index contributed by atoms with van der Waals surface area (Å²) in [4.78, 5) is 31.4. The first-order valence-electron chi connectivity index (χ1n) is 11.4. The van der Waals surface area contributed by atoms with Crippen molar-refractivity contribution in [2.24, 2.45) is 0 Å². The van der Waals surface area contributed by atoms with Crippen LogP contribution in [0.15, 0.2) is 35.6 Å². The Morgan fingerprint density at radius 1 is 1.24 bits per heavy atom. The van der Waals surface area contributed by atoms with Crippen molar-refractivity contribution in [2.75, 3.05) is 12.4 Å². The molecule has 176 valence electrons. The number of para-hydroxylation sites is 1. The standard InChI is InChI=1S/C25H27N5O3S/c1-14-22(16(3)31)15(2)27-23(14)21(32)13-34-25-29-28-24(30(25)12-17-7-6-10-33-17)19-11-26-20-9-5-4-8-18(19)20/h4-5,8-9,11,17,26-27H,6-7,10,12-13H2,1-3H3/t17-/m1/s1. The van der Waals surface area contributed by atoms with Crippen LogP contribution >= 0.6 is 11.8 Å². The summed E-state index contributed by atoms with van der Waals surface area (Å²) < 4.78 is 7.96. The largest absolute Gasteiger partial charge is 0.376 e. The molecule has 34 heavy (non-hydrogen) atoms. The summed E-state index contributed by atoms with van der Waals surface area (Å²) >= 11 is 1.36. The molecule has 0 spiro atoms. The summed E-state index contributed by atoms with van der Waals surface area (Å²) in [5, 5.41) is 10.7. The zero-order valence-electron chi connectivity index (χ0n) is 19.5. The average molecular weight is 478 g/mol. The number of ether oxygens (including phenoxy) is 1. The molecule has 0 bridgehead atoms. The molecule has 1 fully saturated rings. The second kappa shape index (κ2) is 9.23. The summed E-state index contributed by atoms with van der Waals surface area (Å²) in [6, 6.07) is 8.09. The van der Waals surface area contributed by atoms with Gasteiger partial charge in [0.05, 0.1) is 24.1 Å².